The third kappa shape index (κ3) is 3.70. The summed E-state index contributed by atoms with van der Waals surface area (Å²) in [4.78, 5) is 26.1. The molecule has 1 aliphatic rings. The second kappa shape index (κ2) is 6.90. The third-order valence-corrected chi connectivity index (χ3v) is 4.70. The lowest BCUT2D eigenvalue weighted by Crippen LogP contribution is -2.35. The normalized spacial score (nSPS) is 17.6. The number of carbonyl (C=O) groups is 2. The van der Waals surface area contributed by atoms with Crippen molar-refractivity contribution >= 4 is 38.9 Å². The highest BCUT2D eigenvalue weighted by atomic mass is 79.9. The van der Waals surface area contributed by atoms with Gasteiger partial charge in [0.25, 0.3) is 0 Å². The van der Waals surface area contributed by atoms with Gasteiger partial charge in [0.1, 0.15) is 5.60 Å². The number of rotatable bonds is 2. The van der Waals surface area contributed by atoms with E-state index in [2.05, 4.69) is 21.0 Å². The number of hydrogen-bond acceptors (Lipinski definition) is 5. The average Bonchev–Trinajstić information content (AvgIpc) is 3.16. The molecule has 1 atom stereocenters. The van der Waals surface area contributed by atoms with Crippen molar-refractivity contribution in [1.82, 2.24) is 14.7 Å². The maximum absolute atomic E-state index is 12.3. The van der Waals surface area contributed by atoms with Gasteiger partial charge in [-0.1, -0.05) is 15.9 Å². The Labute approximate surface area is 160 Å². The number of likely N-dealkylation sites (tertiary alicyclic amines) is 1. The van der Waals surface area contributed by atoms with Crippen LogP contribution in [0.5, 0.6) is 0 Å². The molecule has 1 fully saturated rings. The number of benzene rings is 1. The molecule has 1 saturated heterocycles. The van der Waals surface area contributed by atoms with E-state index in [0.29, 0.717) is 13.1 Å². The van der Waals surface area contributed by atoms with Crippen LogP contribution in [0.15, 0.2) is 22.7 Å². The molecule has 1 aliphatic heterocycles. The van der Waals surface area contributed by atoms with Crippen LogP contribution in [0.25, 0.3) is 10.9 Å². The van der Waals surface area contributed by atoms with E-state index in [4.69, 9.17) is 9.47 Å². The molecule has 0 aliphatic carbocycles. The molecule has 2 aromatic rings. The minimum atomic E-state index is -0.530. The number of aromatic nitrogens is 2. The highest BCUT2D eigenvalue weighted by Gasteiger charge is 2.32. The first-order chi connectivity index (χ1) is 12.2. The SMILES string of the molecule is COC(=O)c1nn(C2CCN(C(=O)OC(C)(C)C)C2)c2ccc(Br)cc12. The lowest BCUT2D eigenvalue weighted by atomic mass is 10.2. The maximum Gasteiger partial charge on any atom is 0.410 e. The van der Waals surface area contributed by atoms with Gasteiger partial charge in [-0.25, -0.2) is 9.59 Å². The Hall–Kier alpha value is -2.09. The molecular weight excluding hydrogens is 402 g/mol. The van der Waals surface area contributed by atoms with E-state index in [-0.39, 0.29) is 17.8 Å². The van der Waals surface area contributed by atoms with Crippen molar-refractivity contribution in [2.24, 2.45) is 0 Å². The van der Waals surface area contributed by atoms with Crippen LogP contribution >= 0.6 is 15.9 Å². The van der Waals surface area contributed by atoms with E-state index in [1.54, 1.807) is 4.90 Å². The second-order valence-electron chi connectivity index (χ2n) is 7.32. The van der Waals surface area contributed by atoms with Crippen molar-refractivity contribution in [3.8, 4) is 0 Å². The summed E-state index contributed by atoms with van der Waals surface area (Å²) >= 11 is 3.43. The van der Waals surface area contributed by atoms with Crippen LogP contribution in [0, 0.1) is 0 Å². The van der Waals surface area contributed by atoms with Gasteiger partial charge in [-0.3, -0.25) is 4.68 Å². The van der Waals surface area contributed by atoms with E-state index in [9.17, 15) is 9.59 Å². The van der Waals surface area contributed by atoms with Gasteiger partial charge < -0.3 is 14.4 Å². The van der Waals surface area contributed by atoms with Gasteiger partial charge in [-0.2, -0.15) is 5.10 Å². The molecule has 0 radical (unpaired) electrons. The van der Waals surface area contributed by atoms with Crippen molar-refractivity contribution in [3.05, 3.63) is 28.4 Å². The summed E-state index contributed by atoms with van der Waals surface area (Å²) in [5.41, 5.74) is 0.585. The molecule has 140 valence electrons. The molecular formula is C18H22BrN3O4. The lowest BCUT2D eigenvalue weighted by molar-refractivity contribution is 0.0288. The summed E-state index contributed by atoms with van der Waals surface area (Å²) < 4.78 is 13.0. The standard InChI is InChI=1S/C18H22BrN3O4/c1-18(2,3)26-17(24)21-8-7-12(10-21)22-14-6-5-11(19)9-13(14)15(20-22)16(23)25-4/h5-6,9,12H,7-8,10H2,1-4H3. The number of amides is 1. The zero-order chi connectivity index (χ0) is 19.1. The minimum absolute atomic E-state index is 0.0235. The summed E-state index contributed by atoms with van der Waals surface area (Å²) in [6.45, 7) is 6.62. The van der Waals surface area contributed by atoms with E-state index < -0.39 is 11.6 Å². The third-order valence-electron chi connectivity index (χ3n) is 4.21. The molecule has 1 aromatic heterocycles. The predicted molar refractivity (Wildman–Crippen MR) is 100 cm³/mol. The lowest BCUT2D eigenvalue weighted by Gasteiger charge is -2.24. The number of methoxy groups -OCH3 is 1. The quantitative estimate of drug-likeness (QED) is 0.687. The van der Waals surface area contributed by atoms with Crippen molar-refractivity contribution in [3.63, 3.8) is 0 Å². The number of carbonyl (C=O) groups excluding carboxylic acids is 2. The van der Waals surface area contributed by atoms with Crippen molar-refractivity contribution in [1.29, 1.82) is 0 Å². The summed E-state index contributed by atoms with van der Waals surface area (Å²) in [5, 5.41) is 5.22. The Kier molecular flexibility index (Phi) is 4.96. The first-order valence-electron chi connectivity index (χ1n) is 8.43. The van der Waals surface area contributed by atoms with Crippen molar-refractivity contribution in [2.75, 3.05) is 20.2 Å². The molecule has 1 unspecified atom stereocenters. The van der Waals surface area contributed by atoms with Crippen LogP contribution in [0.3, 0.4) is 0 Å². The number of nitrogens with zero attached hydrogens (tertiary/aromatic N) is 3. The van der Waals surface area contributed by atoms with Crippen LogP contribution in [0.4, 0.5) is 4.79 Å². The zero-order valence-corrected chi connectivity index (χ0v) is 16.9. The maximum atomic E-state index is 12.3. The van der Waals surface area contributed by atoms with Gasteiger partial charge in [0.05, 0.1) is 18.7 Å². The van der Waals surface area contributed by atoms with Gasteiger partial charge >= 0.3 is 12.1 Å². The van der Waals surface area contributed by atoms with E-state index >= 15 is 0 Å². The Morgan fingerprint density at radius 3 is 2.69 bits per heavy atom. The van der Waals surface area contributed by atoms with Crippen LogP contribution in [0.2, 0.25) is 0 Å². The van der Waals surface area contributed by atoms with Crippen molar-refractivity contribution < 1.29 is 19.1 Å². The molecule has 1 amide bonds. The van der Waals surface area contributed by atoms with E-state index in [1.165, 1.54) is 7.11 Å². The van der Waals surface area contributed by atoms with E-state index in [1.807, 2.05) is 43.7 Å². The Balaban J connectivity index is 1.90. The fraction of sp³-hybridized carbons (Fsp3) is 0.500. The molecule has 7 nitrogen and oxygen atoms in total. The number of hydrogen-bond donors (Lipinski definition) is 0. The summed E-state index contributed by atoms with van der Waals surface area (Å²) in [6.07, 6.45) is 0.416. The fourth-order valence-corrected chi connectivity index (χ4v) is 3.43. The number of ether oxygens (including phenoxy) is 2. The molecule has 3 rings (SSSR count). The number of esters is 1. The van der Waals surface area contributed by atoms with Crippen LogP contribution in [-0.2, 0) is 9.47 Å². The summed E-state index contributed by atoms with van der Waals surface area (Å²) in [7, 11) is 1.34. The zero-order valence-electron chi connectivity index (χ0n) is 15.3. The largest absolute Gasteiger partial charge is 0.464 e. The predicted octanol–water partition coefficient (Wildman–Crippen LogP) is 3.77. The highest BCUT2D eigenvalue weighted by Crippen LogP contribution is 2.30. The van der Waals surface area contributed by atoms with Gasteiger partial charge in [0.2, 0.25) is 0 Å². The molecule has 0 bridgehead atoms. The molecule has 26 heavy (non-hydrogen) atoms. The Morgan fingerprint density at radius 1 is 1.31 bits per heavy atom. The highest BCUT2D eigenvalue weighted by molar-refractivity contribution is 9.10. The minimum Gasteiger partial charge on any atom is -0.464 e. The molecule has 8 heteroatoms. The average molecular weight is 424 g/mol. The second-order valence-corrected chi connectivity index (χ2v) is 8.23. The summed E-state index contributed by atoms with van der Waals surface area (Å²) in [5.74, 6) is -0.478. The van der Waals surface area contributed by atoms with Crippen molar-refractivity contribution in [2.45, 2.75) is 38.8 Å². The van der Waals surface area contributed by atoms with Crippen LogP contribution in [-0.4, -0.2) is 52.5 Å². The smallest absolute Gasteiger partial charge is 0.410 e. The molecule has 0 saturated carbocycles. The number of fused-ring (bicyclic) bond motifs is 1. The fourth-order valence-electron chi connectivity index (χ4n) is 3.07. The van der Waals surface area contributed by atoms with Gasteiger partial charge in [0.15, 0.2) is 5.69 Å². The van der Waals surface area contributed by atoms with Gasteiger partial charge in [0, 0.05) is 22.9 Å². The van der Waals surface area contributed by atoms with Crippen LogP contribution < -0.4 is 0 Å². The number of halogens is 1. The first-order valence-corrected chi connectivity index (χ1v) is 9.23. The van der Waals surface area contributed by atoms with E-state index in [0.717, 1.165) is 21.8 Å². The first kappa shape index (κ1) is 18.7. The Bertz CT molecular complexity index is 856. The topological polar surface area (TPSA) is 73.7 Å². The van der Waals surface area contributed by atoms with Gasteiger partial charge in [-0.15, -0.1) is 0 Å². The molecule has 0 N–H and O–H groups in total. The summed E-state index contributed by atoms with van der Waals surface area (Å²) in [6, 6.07) is 5.65. The molecule has 2 heterocycles. The van der Waals surface area contributed by atoms with Gasteiger partial charge in [-0.05, 0) is 45.4 Å². The molecule has 0 spiro atoms. The molecule has 1 aromatic carbocycles. The Morgan fingerprint density at radius 2 is 2.04 bits per heavy atom. The monoisotopic (exact) mass is 423 g/mol. The van der Waals surface area contributed by atoms with Crippen LogP contribution in [0.1, 0.15) is 43.7 Å².